The molecule has 3 atom stereocenters. The summed E-state index contributed by atoms with van der Waals surface area (Å²) in [6.07, 6.45) is 2.70. The molecule has 3 unspecified atom stereocenters. The highest BCUT2D eigenvalue weighted by molar-refractivity contribution is 6.35. The first-order valence-electron chi connectivity index (χ1n) is 7.34. The fraction of sp³-hybridized carbons (Fsp3) is 0.562. The SMILES string of the molecule is CC(Oc1ccc(Cl)cc1Cl)C(=O)N1C(C)CCCC1C. The molecular formula is C16H21Cl2NO2. The molecule has 0 bridgehead atoms. The molecule has 3 nitrogen and oxygen atoms in total. The predicted molar refractivity (Wildman–Crippen MR) is 86.2 cm³/mol. The van der Waals surface area contributed by atoms with Gasteiger partial charge in [-0.2, -0.15) is 0 Å². The third-order valence-corrected chi connectivity index (χ3v) is 4.52. The van der Waals surface area contributed by atoms with Crippen molar-refractivity contribution >= 4 is 29.1 Å². The van der Waals surface area contributed by atoms with E-state index in [1.807, 2.05) is 4.90 Å². The first kappa shape index (κ1) is 16.4. The lowest BCUT2D eigenvalue weighted by Gasteiger charge is -2.40. The van der Waals surface area contributed by atoms with Gasteiger partial charge in [-0.1, -0.05) is 23.2 Å². The standard InChI is InChI=1S/C16H21Cl2NO2/c1-10-5-4-6-11(2)19(10)16(20)12(3)21-15-8-7-13(17)9-14(15)18/h7-12H,4-6H2,1-3H3. The normalized spacial score (nSPS) is 23.8. The molecule has 0 spiro atoms. The van der Waals surface area contributed by atoms with Crippen LogP contribution in [0.5, 0.6) is 5.75 Å². The summed E-state index contributed by atoms with van der Waals surface area (Å²) < 4.78 is 5.73. The number of halogens is 2. The minimum absolute atomic E-state index is 0.0146. The van der Waals surface area contributed by atoms with Gasteiger partial charge in [0, 0.05) is 17.1 Å². The Labute approximate surface area is 136 Å². The fourth-order valence-corrected chi connectivity index (χ4v) is 3.33. The molecule has 0 N–H and O–H groups in total. The van der Waals surface area contributed by atoms with Crippen molar-refractivity contribution in [3.05, 3.63) is 28.2 Å². The molecule has 1 heterocycles. The number of hydrogen-bond acceptors (Lipinski definition) is 2. The van der Waals surface area contributed by atoms with Gasteiger partial charge in [0.1, 0.15) is 5.75 Å². The van der Waals surface area contributed by atoms with Gasteiger partial charge < -0.3 is 9.64 Å². The van der Waals surface area contributed by atoms with Crippen LogP contribution in [-0.2, 0) is 4.79 Å². The van der Waals surface area contributed by atoms with E-state index in [1.165, 1.54) is 6.42 Å². The van der Waals surface area contributed by atoms with Crippen molar-refractivity contribution in [1.29, 1.82) is 0 Å². The van der Waals surface area contributed by atoms with Crippen molar-refractivity contribution < 1.29 is 9.53 Å². The number of benzene rings is 1. The van der Waals surface area contributed by atoms with Gasteiger partial charge in [-0.3, -0.25) is 4.79 Å². The molecule has 0 aliphatic carbocycles. The summed E-state index contributed by atoms with van der Waals surface area (Å²) in [4.78, 5) is 14.6. The molecule has 0 saturated carbocycles. The Morgan fingerprint density at radius 3 is 2.48 bits per heavy atom. The summed E-state index contributed by atoms with van der Waals surface area (Å²) in [6, 6.07) is 5.52. The third kappa shape index (κ3) is 3.83. The van der Waals surface area contributed by atoms with Crippen molar-refractivity contribution in [2.45, 2.75) is 58.2 Å². The largest absolute Gasteiger partial charge is 0.479 e. The zero-order valence-corrected chi connectivity index (χ0v) is 14.1. The van der Waals surface area contributed by atoms with Gasteiger partial charge in [-0.15, -0.1) is 0 Å². The second-order valence-corrected chi connectivity index (χ2v) is 6.55. The van der Waals surface area contributed by atoms with Crippen LogP contribution in [0.1, 0.15) is 40.0 Å². The minimum Gasteiger partial charge on any atom is -0.479 e. The van der Waals surface area contributed by atoms with E-state index < -0.39 is 6.10 Å². The monoisotopic (exact) mass is 329 g/mol. The molecule has 0 radical (unpaired) electrons. The number of carbonyl (C=O) groups excluding carboxylic acids is 1. The Hall–Kier alpha value is -0.930. The maximum absolute atomic E-state index is 12.6. The van der Waals surface area contributed by atoms with Crippen LogP contribution in [0.25, 0.3) is 0 Å². The number of nitrogens with zero attached hydrogens (tertiary/aromatic N) is 1. The van der Waals surface area contributed by atoms with Crippen LogP contribution < -0.4 is 4.74 Å². The van der Waals surface area contributed by atoms with Crippen LogP contribution in [0.3, 0.4) is 0 Å². The van der Waals surface area contributed by atoms with E-state index >= 15 is 0 Å². The predicted octanol–water partition coefficient (Wildman–Crippen LogP) is 4.55. The topological polar surface area (TPSA) is 29.5 Å². The van der Waals surface area contributed by atoms with Crippen molar-refractivity contribution in [2.24, 2.45) is 0 Å². The van der Waals surface area contributed by atoms with E-state index in [1.54, 1.807) is 25.1 Å². The van der Waals surface area contributed by atoms with Crippen molar-refractivity contribution in [1.82, 2.24) is 4.90 Å². The van der Waals surface area contributed by atoms with Gasteiger partial charge in [-0.25, -0.2) is 0 Å². The molecule has 2 rings (SSSR count). The smallest absolute Gasteiger partial charge is 0.263 e. The van der Waals surface area contributed by atoms with Crippen molar-refractivity contribution in [3.63, 3.8) is 0 Å². The molecule has 0 aromatic heterocycles. The number of likely N-dealkylation sites (tertiary alicyclic amines) is 1. The maximum atomic E-state index is 12.6. The lowest BCUT2D eigenvalue weighted by Crippen LogP contribution is -2.51. The quantitative estimate of drug-likeness (QED) is 0.814. The van der Waals surface area contributed by atoms with Crippen LogP contribution in [0.15, 0.2) is 18.2 Å². The summed E-state index contributed by atoms with van der Waals surface area (Å²) in [5, 5.41) is 0.964. The first-order valence-corrected chi connectivity index (χ1v) is 8.09. The zero-order chi connectivity index (χ0) is 15.6. The Balaban J connectivity index is 2.08. The number of carbonyl (C=O) groups is 1. The van der Waals surface area contributed by atoms with Crippen molar-refractivity contribution in [3.8, 4) is 5.75 Å². The number of ether oxygens (including phenoxy) is 1. The van der Waals surface area contributed by atoms with E-state index in [2.05, 4.69) is 13.8 Å². The first-order chi connectivity index (χ1) is 9.90. The average Bonchev–Trinajstić information content (AvgIpc) is 2.41. The Kier molecular flexibility index (Phi) is 5.39. The van der Waals surface area contributed by atoms with Crippen LogP contribution in [0.4, 0.5) is 0 Å². The number of piperidine rings is 1. The van der Waals surface area contributed by atoms with E-state index in [9.17, 15) is 4.79 Å². The molecule has 116 valence electrons. The van der Waals surface area contributed by atoms with Crippen LogP contribution in [-0.4, -0.2) is 29.0 Å². The van der Waals surface area contributed by atoms with Gasteiger partial charge in [0.25, 0.3) is 5.91 Å². The molecular weight excluding hydrogens is 309 g/mol. The Morgan fingerprint density at radius 2 is 1.90 bits per heavy atom. The highest BCUT2D eigenvalue weighted by Gasteiger charge is 2.32. The van der Waals surface area contributed by atoms with Gasteiger partial charge in [-0.05, 0) is 58.2 Å². The zero-order valence-electron chi connectivity index (χ0n) is 12.6. The third-order valence-electron chi connectivity index (χ3n) is 3.99. The highest BCUT2D eigenvalue weighted by atomic mass is 35.5. The summed E-state index contributed by atoms with van der Waals surface area (Å²) in [5.74, 6) is 0.500. The molecule has 1 aliphatic rings. The molecule has 1 aromatic carbocycles. The summed E-state index contributed by atoms with van der Waals surface area (Å²) in [6.45, 7) is 5.95. The van der Waals surface area contributed by atoms with Gasteiger partial charge >= 0.3 is 0 Å². The van der Waals surface area contributed by atoms with E-state index in [4.69, 9.17) is 27.9 Å². The number of hydrogen-bond donors (Lipinski definition) is 0. The molecule has 1 aliphatic heterocycles. The van der Waals surface area contributed by atoms with Gasteiger partial charge in [0.15, 0.2) is 6.10 Å². The molecule has 1 aromatic rings. The van der Waals surface area contributed by atoms with E-state index in [0.717, 1.165) is 12.8 Å². The summed E-state index contributed by atoms with van der Waals surface area (Å²) in [7, 11) is 0. The Morgan fingerprint density at radius 1 is 1.29 bits per heavy atom. The summed E-state index contributed by atoms with van der Waals surface area (Å²) in [5.41, 5.74) is 0. The average molecular weight is 330 g/mol. The van der Waals surface area contributed by atoms with Crippen LogP contribution in [0, 0.1) is 0 Å². The van der Waals surface area contributed by atoms with Crippen LogP contribution in [0.2, 0.25) is 10.0 Å². The summed E-state index contributed by atoms with van der Waals surface area (Å²) >= 11 is 11.9. The highest BCUT2D eigenvalue weighted by Crippen LogP contribution is 2.29. The van der Waals surface area contributed by atoms with Gasteiger partial charge in [0.2, 0.25) is 0 Å². The lowest BCUT2D eigenvalue weighted by molar-refractivity contribution is -0.144. The second-order valence-electron chi connectivity index (χ2n) is 5.71. The molecule has 1 saturated heterocycles. The maximum Gasteiger partial charge on any atom is 0.263 e. The fourth-order valence-electron chi connectivity index (χ4n) is 2.88. The second kappa shape index (κ2) is 6.89. The van der Waals surface area contributed by atoms with E-state index in [-0.39, 0.29) is 18.0 Å². The number of rotatable bonds is 3. The Bertz CT molecular complexity index is 511. The molecule has 1 fully saturated rings. The lowest BCUT2D eigenvalue weighted by atomic mass is 9.97. The van der Waals surface area contributed by atoms with E-state index in [0.29, 0.717) is 15.8 Å². The molecule has 21 heavy (non-hydrogen) atoms. The molecule has 5 heteroatoms. The number of amides is 1. The van der Waals surface area contributed by atoms with Crippen LogP contribution >= 0.6 is 23.2 Å². The van der Waals surface area contributed by atoms with Gasteiger partial charge in [0.05, 0.1) is 5.02 Å². The van der Waals surface area contributed by atoms with Crippen molar-refractivity contribution in [2.75, 3.05) is 0 Å². The minimum atomic E-state index is -0.563. The molecule has 1 amide bonds.